The third-order valence-corrected chi connectivity index (χ3v) is 6.02. The lowest BCUT2D eigenvalue weighted by molar-refractivity contribution is 0.0661. The molecule has 0 saturated carbocycles. The van der Waals surface area contributed by atoms with Gasteiger partial charge < -0.3 is 5.73 Å². The van der Waals surface area contributed by atoms with E-state index in [9.17, 15) is 0 Å². The lowest BCUT2D eigenvalue weighted by atomic mass is 9.76. The zero-order valence-corrected chi connectivity index (χ0v) is 13.5. The minimum absolute atomic E-state index is 0.153. The highest BCUT2D eigenvalue weighted by Gasteiger charge is 2.45. The SMILES string of the molecule is CCC(CC)(C(N)C1CCc2cccnc21)N1CCCC1. The van der Waals surface area contributed by atoms with Crippen LogP contribution in [-0.4, -0.2) is 34.6 Å². The van der Waals surface area contributed by atoms with Crippen molar-refractivity contribution in [2.45, 2.75) is 69.9 Å². The Morgan fingerprint density at radius 1 is 1.33 bits per heavy atom. The molecule has 1 fully saturated rings. The van der Waals surface area contributed by atoms with Crippen molar-refractivity contribution in [3.63, 3.8) is 0 Å². The van der Waals surface area contributed by atoms with Crippen LogP contribution in [0.1, 0.15) is 63.1 Å². The van der Waals surface area contributed by atoms with Gasteiger partial charge in [-0.3, -0.25) is 9.88 Å². The van der Waals surface area contributed by atoms with Crippen molar-refractivity contribution in [3.8, 4) is 0 Å². The van der Waals surface area contributed by atoms with Crippen LogP contribution in [0.25, 0.3) is 0 Å². The van der Waals surface area contributed by atoms with Crippen molar-refractivity contribution in [1.29, 1.82) is 0 Å². The molecule has 3 heteroatoms. The van der Waals surface area contributed by atoms with Gasteiger partial charge in [-0.1, -0.05) is 19.9 Å². The number of hydrogen-bond acceptors (Lipinski definition) is 3. The number of nitrogens with two attached hydrogens (primary N) is 1. The van der Waals surface area contributed by atoms with E-state index in [1.165, 1.54) is 43.6 Å². The van der Waals surface area contributed by atoms with Gasteiger partial charge in [-0.2, -0.15) is 0 Å². The Morgan fingerprint density at radius 2 is 2.05 bits per heavy atom. The second-order valence-corrected chi connectivity index (χ2v) is 6.72. The number of aromatic nitrogens is 1. The van der Waals surface area contributed by atoms with Gasteiger partial charge in [0.1, 0.15) is 0 Å². The van der Waals surface area contributed by atoms with Gasteiger partial charge in [0.25, 0.3) is 0 Å². The van der Waals surface area contributed by atoms with Crippen LogP contribution in [0.3, 0.4) is 0 Å². The molecule has 2 atom stereocenters. The monoisotopic (exact) mass is 287 g/mol. The molecule has 2 unspecified atom stereocenters. The van der Waals surface area contributed by atoms with Crippen molar-refractivity contribution in [2.24, 2.45) is 5.73 Å². The molecule has 0 bridgehead atoms. The predicted molar refractivity (Wildman–Crippen MR) is 87.4 cm³/mol. The van der Waals surface area contributed by atoms with Gasteiger partial charge in [-0.15, -0.1) is 0 Å². The fraction of sp³-hybridized carbons (Fsp3) is 0.722. The molecule has 3 rings (SSSR count). The summed E-state index contributed by atoms with van der Waals surface area (Å²) in [5, 5.41) is 0. The number of aryl methyl sites for hydroxylation is 1. The molecular weight excluding hydrogens is 258 g/mol. The first kappa shape index (κ1) is 15.0. The predicted octanol–water partition coefficient (Wildman–Crippen LogP) is 3.09. The number of likely N-dealkylation sites (tertiary alicyclic amines) is 1. The van der Waals surface area contributed by atoms with Crippen LogP contribution in [0.15, 0.2) is 18.3 Å². The quantitative estimate of drug-likeness (QED) is 0.905. The van der Waals surface area contributed by atoms with Crippen LogP contribution >= 0.6 is 0 Å². The fourth-order valence-electron chi connectivity index (χ4n) is 4.71. The number of rotatable bonds is 5. The molecule has 0 aromatic carbocycles. The maximum Gasteiger partial charge on any atom is 0.0482 e. The summed E-state index contributed by atoms with van der Waals surface area (Å²) in [5.74, 6) is 0.432. The Morgan fingerprint density at radius 3 is 2.71 bits per heavy atom. The van der Waals surface area contributed by atoms with Gasteiger partial charge in [0.15, 0.2) is 0 Å². The molecule has 1 aromatic heterocycles. The van der Waals surface area contributed by atoms with E-state index in [1.54, 1.807) is 0 Å². The molecule has 2 N–H and O–H groups in total. The highest BCUT2D eigenvalue weighted by atomic mass is 15.2. The highest BCUT2D eigenvalue weighted by Crippen LogP contribution is 2.41. The molecule has 2 aliphatic rings. The Balaban J connectivity index is 1.90. The average molecular weight is 287 g/mol. The van der Waals surface area contributed by atoms with Crippen molar-refractivity contribution < 1.29 is 0 Å². The molecule has 0 spiro atoms. The third-order valence-electron chi connectivity index (χ3n) is 6.02. The molecular formula is C18H29N3. The summed E-state index contributed by atoms with van der Waals surface area (Å²) in [6.45, 7) is 7.07. The molecule has 2 heterocycles. The van der Waals surface area contributed by atoms with E-state index >= 15 is 0 Å². The van der Waals surface area contributed by atoms with E-state index in [4.69, 9.17) is 5.73 Å². The molecule has 21 heavy (non-hydrogen) atoms. The standard InChI is InChI=1S/C18H29N3/c1-3-18(4-2,21-12-5-6-13-21)17(19)15-10-9-14-8-7-11-20-16(14)15/h7-8,11,15,17H,3-6,9-10,12-13,19H2,1-2H3. The zero-order valence-electron chi connectivity index (χ0n) is 13.5. The van der Waals surface area contributed by atoms with Gasteiger partial charge in [0, 0.05) is 29.4 Å². The van der Waals surface area contributed by atoms with E-state index in [-0.39, 0.29) is 11.6 Å². The highest BCUT2D eigenvalue weighted by molar-refractivity contribution is 5.31. The van der Waals surface area contributed by atoms with E-state index in [0.29, 0.717) is 5.92 Å². The van der Waals surface area contributed by atoms with Crippen LogP contribution < -0.4 is 5.73 Å². The first-order chi connectivity index (χ1) is 10.2. The minimum atomic E-state index is 0.153. The van der Waals surface area contributed by atoms with Crippen LogP contribution in [0.4, 0.5) is 0 Å². The Kier molecular flexibility index (Phi) is 4.32. The third kappa shape index (κ3) is 2.40. The summed E-state index contributed by atoms with van der Waals surface area (Å²) >= 11 is 0. The summed E-state index contributed by atoms with van der Waals surface area (Å²) in [7, 11) is 0. The molecule has 116 valence electrons. The molecule has 0 radical (unpaired) electrons. The molecule has 1 aliphatic carbocycles. The first-order valence-corrected chi connectivity index (χ1v) is 8.67. The first-order valence-electron chi connectivity index (χ1n) is 8.67. The lowest BCUT2D eigenvalue weighted by Crippen LogP contribution is -2.60. The maximum atomic E-state index is 6.89. The topological polar surface area (TPSA) is 42.1 Å². The Bertz CT molecular complexity index is 475. The fourth-order valence-corrected chi connectivity index (χ4v) is 4.71. The molecule has 3 nitrogen and oxygen atoms in total. The Labute approximate surface area is 128 Å². The van der Waals surface area contributed by atoms with Crippen LogP contribution in [0.5, 0.6) is 0 Å². The van der Waals surface area contributed by atoms with E-state index < -0.39 is 0 Å². The van der Waals surface area contributed by atoms with Crippen LogP contribution in [0.2, 0.25) is 0 Å². The van der Waals surface area contributed by atoms with Gasteiger partial charge in [-0.05, 0) is 63.2 Å². The number of hydrogen-bond donors (Lipinski definition) is 1. The van der Waals surface area contributed by atoms with Gasteiger partial charge in [0.2, 0.25) is 0 Å². The smallest absolute Gasteiger partial charge is 0.0482 e. The summed E-state index contributed by atoms with van der Waals surface area (Å²) in [6.07, 6.45) is 9.18. The zero-order chi connectivity index (χ0) is 14.9. The minimum Gasteiger partial charge on any atom is -0.326 e. The van der Waals surface area contributed by atoms with Gasteiger partial charge in [0.05, 0.1) is 0 Å². The summed E-state index contributed by atoms with van der Waals surface area (Å²) in [6, 6.07) is 4.48. The van der Waals surface area contributed by atoms with Crippen LogP contribution in [0, 0.1) is 0 Å². The van der Waals surface area contributed by atoms with Crippen molar-refractivity contribution in [1.82, 2.24) is 9.88 Å². The van der Waals surface area contributed by atoms with Crippen molar-refractivity contribution in [2.75, 3.05) is 13.1 Å². The molecule has 1 aliphatic heterocycles. The van der Waals surface area contributed by atoms with E-state index in [2.05, 4.69) is 35.9 Å². The summed E-state index contributed by atoms with van der Waals surface area (Å²) in [4.78, 5) is 7.35. The Hall–Kier alpha value is -0.930. The number of nitrogens with zero attached hydrogens (tertiary/aromatic N) is 2. The summed E-state index contributed by atoms with van der Waals surface area (Å²) in [5.41, 5.74) is 9.74. The molecule has 1 aromatic rings. The number of pyridine rings is 1. The molecule has 0 amide bonds. The van der Waals surface area contributed by atoms with Gasteiger partial charge in [-0.25, -0.2) is 0 Å². The van der Waals surface area contributed by atoms with E-state index in [1.807, 2.05) is 6.20 Å². The average Bonchev–Trinajstić information content (AvgIpc) is 3.18. The maximum absolute atomic E-state index is 6.89. The van der Waals surface area contributed by atoms with Crippen molar-refractivity contribution in [3.05, 3.63) is 29.6 Å². The number of fused-ring (bicyclic) bond motifs is 1. The van der Waals surface area contributed by atoms with Gasteiger partial charge >= 0.3 is 0 Å². The second kappa shape index (κ2) is 6.05. The second-order valence-electron chi connectivity index (χ2n) is 6.72. The largest absolute Gasteiger partial charge is 0.326 e. The van der Waals surface area contributed by atoms with Crippen LogP contribution in [-0.2, 0) is 6.42 Å². The lowest BCUT2D eigenvalue weighted by Gasteiger charge is -2.47. The molecule has 1 saturated heterocycles. The van der Waals surface area contributed by atoms with E-state index in [0.717, 1.165) is 19.3 Å². The normalized spacial score (nSPS) is 24.2. The summed E-state index contributed by atoms with van der Waals surface area (Å²) < 4.78 is 0. The van der Waals surface area contributed by atoms with Crippen molar-refractivity contribution >= 4 is 0 Å².